The van der Waals surface area contributed by atoms with Crippen molar-refractivity contribution >= 4 is 14.3 Å². The molecule has 0 aliphatic heterocycles. The van der Waals surface area contributed by atoms with Crippen molar-refractivity contribution in [1.82, 2.24) is 0 Å². The van der Waals surface area contributed by atoms with Gasteiger partial charge in [0.2, 0.25) is 8.32 Å². The van der Waals surface area contributed by atoms with Crippen molar-refractivity contribution in [2.45, 2.75) is 33.9 Å². The first-order chi connectivity index (χ1) is 5.69. The molecule has 0 atom stereocenters. The van der Waals surface area contributed by atoms with Crippen molar-refractivity contribution in [2.24, 2.45) is 5.41 Å². The highest BCUT2D eigenvalue weighted by Crippen LogP contribution is 2.16. The summed E-state index contributed by atoms with van der Waals surface area (Å²) in [6, 6.07) is 0. The summed E-state index contributed by atoms with van der Waals surface area (Å²) < 4.78 is 10.4. The third kappa shape index (κ3) is 5.05. The van der Waals surface area contributed by atoms with Gasteiger partial charge in [-0.05, 0) is 33.9 Å². The first kappa shape index (κ1) is 12.6. The van der Waals surface area contributed by atoms with Gasteiger partial charge in [-0.2, -0.15) is 0 Å². The molecule has 0 aliphatic carbocycles. The molecule has 0 heterocycles. The van der Waals surface area contributed by atoms with Crippen LogP contribution < -0.4 is 0 Å². The first-order valence-corrected chi connectivity index (χ1v) is 7.53. The van der Waals surface area contributed by atoms with Crippen LogP contribution in [0.25, 0.3) is 0 Å². The van der Waals surface area contributed by atoms with Crippen LogP contribution in [0.15, 0.2) is 0 Å². The Morgan fingerprint density at radius 3 is 2.08 bits per heavy atom. The van der Waals surface area contributed by atoms with Gasteiger partial charge < -0.3 is 9.16 Å². The van der Waals surface area contributed by atoms with Crippen LogP contribution in [0.5, 0.6) is 0 Å². The fourth-order valence-electron chi connectivity index (χ4n) is 0.515. The van der Waals surface area contributed by atoms with E-state index in [9.17, 15) is 4.79 Å². The predicted molar refractivity (Wildman–Crippen MR) is 54.9 cm³/mol. The summed E-state index contributed by atoms with van der Waals surface area (Å²) >= 11 is 0. The summed E-state index contributed by atoms with van der Waals surface area (Å²) in [6.07, 6.45) is 0.430. The first-order valence-electron chi connectivity index (χ1n) is 4.41. The molecule has 0 rings (SSSR count). The molecule has 0 saturated carbocycles. The molecular formula is C9H20O3Si. The molecule has 0 aromatic heterocycles. The number of ether oxygens (including phenoxy) is 1. The molecule has 0 bridgehead atoms. The van der Waals surface area contributed by atoms with Crippen molar-refractivity contribution in [1.29, 1.82) is 0 Å². The van der Waals surface area contributed by atoms with E-state index in [0.29, 0.717) is 6.23 Å². The molecule has 0 unspecified atom stereocenters. The van der Waals surface area contributed by atoms with Crippen LogP contribution in [0, 0.1) is 5.41 Å². The number of carbonyl (C=O) groups excluding carboxylic acids is 1. The SMILES string of the molecule is CO[Si](C)(C)COC(=O)C(C)(C)C. The van der Waals surface area contributed by atoms with Gasteiger partial charge in [-0.15, -0.1) is 0 Å². The van der Waals surface area contributed by atoms with Crippen LogP contribution in [0.1, 0.15) is 20.8 Å². The van der Waals surface area contributed by atoms with Crippen molar-refractivity contribution in [2.75, 3.05) is 13.3 Å². The minimum atomic E-state index is -1.76. The van der Waals surface area contributed by atoms with E-state index in [1.165, 1.54) is 0 Å². The molecule has 0 amide bonds. The summed E-state index contributed by atoms with van der Waals surface area (Å²) in [6.45, 7) is 9.57. The van der Waals surface area contributed by atoms with E-state index in [-0.39, 0.29) is 5.97 Å². The molecular weight excluding hydrogens is 184 g/mol. The fourth-order valence-corrected chi connectivity index (χ4v) is 1.11. The summed E-state index contributed by atoms with van der Waals surface area (Å²) in [5, 5.41) is 0. The van der Waals surface area contributed by atoms with E-state index in [1.807, 2.05) is 33.9 Å². The average molecular weight is 204 g/mol. The minimum Gasteiger partial charge on any atom is -0.466 e. The zero-order chi connectivity index (χ0) is 10.7. The quantitative estimate of drug-likeness (QED) is 0.521. The van der Waals surface area contributed by atoms with Gasteiger partial charge in [0.25, 0.3) is 0 Å². The molecule has 0 aliphatic rings. The molecule has 0 aromatic carbocycles. The lowest BCUT2D eigenvalue weighted by Gasteiger charge is -2.23. The van der Waals surface area contributed by atoms with E-state index in [0.717, 1.165) is 0 Å². The monoisotopic (exact) mass is 204 g/mol. The second kappa shape index (κ2) is 4.24. The number of hydrogen-bond donors (Lipinski definition) is 0. The van der Waals surface area contributed by atoms with Gasteiger partial charge in [-0.25, -0.2) is 0 Å². The highest BCUT2D eigenvalue weighted by molar-refractivity contribution is 6.71. The summed E-state index contributed by atoms with van der Waals surface area (Å²) in [5.74, 6) is -0.162. The lowest BCUT2D eigenvalue weighted by atomic mass is 9.98. The van der Waals surface area contributed by atoms with E-state index in [4.69, 9.17) is 9.16 Å². The van der Waals surface area contributed by atoms with Crippen molar-refractivity contribution in [3.8, 4) is 0 Å². The van der Waals surface area contributed by atoms with E-state index in [1.54, 1.807) is 7.11 Å². The maximum atomic E-state index is 11.4. The zero-order valence-electron chi connectivity index (χ0n) is 9.43. The lowest BCUT2D eigenvalue weighted by Crippen LogP contribution is -2.38. The molecule has 3 nitrogen and oxygen atoms in total. The van der Waals surface area contributed by atoms with E-state index >= 15 is 0 Å². The second-order valence-electron chi connectivity index (χ2n) is 4.79. The predicted octanol–water partition coefficient (Wildman–Crippen LogP) is 1.97. The third-order valence-corrected chi connectivity index (χ3v) is 3.66. The zero-order valence-corrected chi connectivity index (χ0v) is 10.4. The van der Waals surface area contributed by atoms with Gasteiger partial charge in [0, 0.05) is 7.11 Å². The van der Waals surface area contributed by atoms with Crippen LogP contribution in [-0.4, -0.2) is 27.6 Å². The fraction of sp³-hybridized carbons (Fsp3) is 0.889. The summed E-state index contributed by atoms with van der Waals surface area (Å²) in [4.78, 5) is 11.4. The Labute approximate surface area is 81.6 Å². The van der Waals surface area contributed by atoms with Crippen LogP contribution in [0.4, 0.5) is 0 Å². The Balaban J connectivity index is 3.98. The number of esters is 1. The minimum absolute atomic E-state index is 0.162. The largest absolute Gasteiger partial charge is 0.466 e. The van der Waals surface area contributed by atoms with Crippen LogP contribution in [0.3, 0.4) is 0 Å². The summed E-state index contributed by atoms with van der Waals surface area (Å²) in [5.41, 5.74) is -0.418. The van der Waals surface area contributed by atoms with Gasteiger partial charge >= 0.3 is 5.97 Å². The molecule has 0 aromatic rings. The topological polar surface area (TPSA) is 35.5 Å². The van der Waals surface area contributed by atoms with Gasteiger partial charge in [0.1, 0.15) is 6.23 Å². The Kier molecular flexibility index (Phi) is 4.12. The maximum absolute atomic E-state index is 11.4. The smallest absolute Gasteiger partial charge is 0.311 e. The van der Waals surface area contributed by atoms with Crippen molar-refractivity contribution in [3.63, 3.8) is 0 Å². The van der Waals surface area contributed by atoms with Gasteiger partial charge in [-0.3, -0.25) is 4.79 Å². The molecule has 0 saturated heterocycles. The number of carbonyl (C=O) groups is 1. The highest BCUT2D eigenvalue weighted by Gasteiger charge is 2.28. The average Bonchev–Trinajstić information content (AvgIpc) is 1.98. The highest BCUT2D eigenvalue weighted by atomic mass is 28.4. The van der Waals surface area contributed by atoms with E-state index in [2.05, 4.69) is 0 Å². The maximum Gasteiger partial charge on any atom is 0.311 e. The molecule has 13 heavy (non-hydrogen) atoms. The summed E-state index contributed by atoms with van der Waals surface area (Å²) in [7, 11) is -0.0981. The normalized spacial score (nSPS) is 12.8. The number of rotatable bonds is 3. The van der Waals surface area contributed by atoms with E-state index < -0.39 is 13.7 Å². The Morgan fingerprint density at radius 1 is 1.31 bits per heavy atom. The van der Waals surface area contributed by atoms with Crippen LogP contribution in [-0.2, 0) is 14.0 Å². The van der Waals surface area contributed by atoms with Gasteiger partial charge in [0.05, 0.1) is 5.41 Å². The van der Waals surface area contributed by atoms with Crippen LogP contribution >= 0.6 is 0 Å². The van der Waals surface area contributed by atoms with Crippen molar-refractivity contribution < 1.29 is 14.0 Å². The van der Waals surface area contributed by atoms with Crippen LogP contribution in [0.2, 0.25) is 13.1 Å². The van der Waals surface area contributed by atoms with Gasteiger partial charge in [-0.1, -0.05) is 0 Å². The Hall–Kier alpha value is -0.353. The molecule has 4 heteroatoms. The molecule has 0 fully saturated rings. The molecule has 0 spiro atoms. The third-order valence-electron chi connectivity index (χ3n) is 1.72. The Morgan fingerprint density at radius 2 is 1.77 bits per heavy atom. The Bertz CT molecular complexity index is 182. The van der Waals surface area contributed by atoms with Crippen molar-refractivity contribution in [3.05, 3.63) is 0 Å². The standard InChI is InChI=1S/C9H20O3Si/c1-9(2,3)8(10)12-7-13(5,6)11-4/h7H2,1-6H3. The molecule has 78 valence electrons. The second-order valence-corrected chi connectivity index (χ2v) is 9.01. The number of hydrogen-bond acceptors (Lipinski definition) is 3. The van der Waals surface area contributed by atoms with Gasteiger partial charge in [0.15, 0.2) is 0 Å². The molecule has 0 radical (unpaired) electrons. The molecule has 0 N–H and O–H groups in total. The lowest BCUT2D eigenvalue weighted by molar-refractivity contribution is -0.151.